The smallest absolute Gasteiger partial charge is 0.273 e. The van der Waals surface area contributed by atoms with Crippen LogP contribution < -0.4 is 10.7 Å². The number of anilines is 1. The van der Waals surface area contributed by atoms with E-state index in [0.29, 0.717) is 16.1 Å². The molecular formula is C20H16BrN3O2S. The lowest BCUT2D eigenvalue weighted by Gasteiger charge is -2.10. The van der Waals surface area contributed by atoms with Crippen LogP contribution in [0.3, 0.4) is 0 Å². The lowest BCUT2D eigenvalue weighted by molar-refractivity contribution is 0.0956. The molecule has 3 rings (SSSR count). The number of amides is 2. The average Bonchev–Trinajstić information content (AvgIpc) is 3.19. The van der Waals surface area contributed by atoms with Gasteiger partial charge in [0.05, 0.1) is 22.3 Å². The fraction of sp³-hybridized carbons (Fsp3) is 0.0500. The summed E-state index contributed by atoms with van der Waals surface area (Å²) in [5.74, 6) is -0.675. The second-order valence-corrected chi connectivity index (χ2v) is 7.59. The van der Waals surface area contributed by atoms with Crippen molar-refractivity contribution in [3.05, 3.63) is 86.0 Å². The number of hydrazone groups is 1. The summed E-state index contributed by atoms with van der Waals surface area (Å²) >= 11 is 4.69. The Kier molecular flexibility index (Phi) is 6.16. The SMILES string of the molecule is Cc1ccc(/C=N/NC(=O)c2cc(Br)ccc2NC(=O)c2cccs2)cc1. The van der Waals surface area contributed by atoms with Gasteiger partial charge in [0.1, 0.15) is 0 Å². The predicted molar refractivity (Wildman–Crippen MR) is 113 cm³/mol. The highest BCUT2D eigenvalue weighted by Crippen LogP contribution is 2.22. The molecule has 0 saturated heterocycles. The highest BCUT2D eigenvalue weighted by Gasteiger charge is 2.15. The Morgan fingerprint density at radius 3 is 2.56 bits per heavy atom. The molecule has 0 aliphatic carbocycles. The number of benzene rings is 2. The van der Waals surface area contributed by atoms with Gasteiger partial charge in [-0.25, -0.2) is 5.43 Å². The van der Waals surface area contributed by atoms with E-state index in [9.17, 15) is 9.59 Å². The normalized spacial score (nSPS) is 10.7. The summed E-state index contributed by atoms with van der Waals surface area (Å²) in [6.45, 7) is 2.00. The quantitative estimate of drug-likeness (QED) is 0.439. The van der Waals surface area contributed by atoms with Crippen LogP contribution in [0.2, 0.25) is 0 Å². The molecule has 2 aromatic carbocycles. The molecule has 1 aromatic heterocycles. The summed E-state index contributed by atoms with van der Waals surface area (Å²) in [4.78, 5) is 25.4. The Morgan fingerprint density at radius 1 is 1.07 bits per heavy atom. The minimum Gasteiger partial charge on any atom is -0.321 e. The van der Waals surface area contributed by atoms with Gasteiger partial charge in [0.2, 0.25) is 0 Å². The Hall–Kier alpha value is -2.77. The lowest BCUT2D eigenvalue weighted by Crippen LogP contribution is -2.21. The predicted octanol–water partition coefficient (Wildman–Crippen LogP) is 4.84. The van der Waals surface area contributed by atoms with Crippen LogP contribution in [0.15, 0.2) is 69.6 Å². The second kappa shape index (κ2) is 8.75. The maximum atomic E-state index is 12.5. The van der Waals surface area contributed by atoms with E-state index >= 15 is 0 Å². The van der Waals surface area contributed by atoms with Crippen LogP contribution in [0.4, 0.5) is 5.69 Å². The second-order valence-electron chi connectivity index (χ2n) is 5.73. The lowest BCUT2D eigenvalue weighted by atomic mass is 10.1. The number of nitrogens with one attached hydrogen (secondary N) is 2. The van der Waals surface area contributed by atoms with Gasteiger partial charge in [-0.2, -0.15) is 5.10 Å². The van der Waals surface area contributed by atoms with E-state index in [-0.39, 0.29) is 5.91 Å². The highest BCUT2D eigenvalue weighted by atomic mass is 79.9. The topological polar surface area (TPSA) is 70.6 Å². The van der Waals surface area contributed by atoms with Crippen LogP contribution in [0.1, 0.15) is 31.2 Å². The van der Waals surface area contributed by atoms with Gasteiger partial charge in [0.15, 0.2) is 0 Å². The molecule has 0 aliphatic rings. The van der Waals surface area contributed by atoms with Crippen LogP contribution in [0, 0.1) is 6.92 Å². The summed E-state index contributed by atoms with van der Waals surface area (Å²) in [5.41, 5.74) is 5.26. The van der Waals surface area contributed by atoms with Crippen molar-refractivity contribution in [3.63, 3.8) is 0 Å². The highest BCUT2D eigenvalue weighted by molar-refractivity contribution is 9.10. The van der Waals surface area contributed by atoms with Crippen LogP contribution in [0.5, 0.6) is 0 Å². The van der Waals surface area contributed by atoms with Crippen LogP contribution >= 0.6 is 27.3 Å². The van der Waals surface area contributed by atoms with E-state index in [2.05, 4.69) is 31.8 Å². The first-order chi connectivity index (χ1) is 13.0. The van der Waals surface area contributed by atoms with Crippen LogP contribution in [-0.2, 0) is 0 Å². The molecule has 1 heterocycles. The minimum absolute atomic E-state index is 0.260. The van der Waals surface area contributed by atoms with E-state index in [4.69, 9.17) is 0 Å². The average molecular weight is 442 g/mol. The van der Waals surface area contributed by atoms with Crippen LogP contribution in [0.25, 0.3) is 0 Å². The number of thiophene rings is 1. The molecule has 0 aliphatic heterocycles. The summed E-state index contributed by atoms with van der Waals surface area (Å²) in [7, 11) is 0. The zero-order chi connectivity index (χ0) is 19.2. The third kappa shape index (κ3) is 5.12. The van der Waals surface area contributed by atoms with Gasteiger partial charge in [-0.05, 0) is 42.1 Å². The number of hydrogen-bond acceptors (Lipinski definition) is 4. The molecule has 2 N–H and O–H groups in total. The van der Waals surface area contributed by atoms with Gasteiger partial charge in [0.25, 0.3) is 11.8 Å². The molecule has 0 radical (unpaired) electrons. The van der Waals surface area contributed by atoms with E-state index in [1.807, 2.05) is 36.6 Å². The molecule has 136 valence electrons. The molecule has 27 heavy (non-hydrogen) atoms. The van der Waals surface area contributed by atoms with Gasteiger partial charge >= 0.3 is 0 Å². The zero-order valence-corrected chi connectivity index (χ0v) is 16.8. The molecule has 0 unspecified atom stereocenters. The van der Waals surface area contributed by atoms with Crippen molar-refractivity contribution in [2.75, 3.05) is 5.32 Å². The first kappa shape index (κ1) is 19.0. The molecule has 3 aromatic rings. The molecule has 2 amide bonds. The molecule has 0 atom stereocenters. The molecule has 0 spiro atoms. The number of aryl methyl sites for hydroxylation is 1. The van der Waals surface area contributed by atoms with Crippen molar-refractivity contribution in [2.24, 2.45) is 5.10 Å². The molecule has 0 bridgehead atoms. The molecular weight excluding hydrogens is 426 g/mol. The fourth-order valence-corrected chi connectivity index (χ4v) is 3.26. The number of nitrogens with zero attached hydrogens (tertiary/aromatic N) is 1. The number of rotatable bonds is 5. The monoisotopic (exact) mass is 441 g/mol. The summed E-state index contributed by atoms with van der Waals surface area (Å²) in [6.07, 6.45) is 1.57. The van der Waals surface area contributed by atoms with E-state index < -0.39 is 5.91 Å². The first-order valence-electron chi connectivity index (χ1n) is 8.07. The summed E-state index contributed by atoms with van der Waals surface area (Å²) in [6, 6.07) is 16.4. The number of carbonyl (C=O) groups excluding carboxylic acids is 2. The Labute approximate surface area is 169 Å². The Balaban J connectivity index is 1.74. The third-order valence-corrected chi connectivity index (χ3v) is 5.04. The van der Waals surface area contributed by atoms with Gasteiger partial charge in [-0.3, -0.25) is 9.59 Å². The zero-order valence-electron chi connectivity index (χ0n) is 14.4. The van der Waals surface area contributed by atoms with Crippen molar-refractivity contribution in [1.29, 1.82) is 0 Å². The van der Waals surface area contributed by atoms with Gasteiger partial charge in [-0.1, -0.05) is 51.8 Å². The largest absolute Gasteiger partial charge is 0.321 e. The van der Waals surface area contributed by atoms with E-state index in [1.54, 1.807) is 36.5 Å². The molecule has 5 nitrogen and oxygen atoms in total. The maximum Gasteiger partial charge on any atom is 0.273 e. The van der Waals surface area contributed by atoms with Gasteiger partial charge in [0, 0.05) is 4.47 Å². The number of carbonyl (C=O) groups is 2. The maximum absolute atomic E-state index is 12.5. The standard InChI is InChI=1S/C20H16BrN3O2S/c1-13-4-6-14(7-5-13)12-22-24-19(25)16-11-15(21)8-9-17(16)23-20(26)18-3-2-10-27-18/h2-12H,1H3,(H,23,26)(H,24,25)/b22-12+. The van der Waals surface area contributed by atoms with Crippen molar-refractivity contribution >= 4 is 51.0 Å². The Bertz CT molecular complexity index is 983. The number of hydrogen-bond donors (Lipinski definition) is 2. The molecule has 0 fully saturated rings. The first-order valence-corrected chi connectivity index (χ1v) is 9.74. The summed E-state index contributed by atoms with van der Waals surface area (Å²) < 4.78 is 0.726. The van der Waals surface area contributed by atoms with Crippen LogP contribution in [-0.4, -0.2) is 18.0 Å². The van der Waals surface area contributed by atoms with Gasteiger partial charge in [-0.15, -0.1) is 11.3 Å². The summed E-state index contributed by atoms with van der Waals surface area (Å²) in [5, 5.41) is 8.59. The minimum atomic E-state index is -0.416. The van der Waals surface area contributed by atoms with E-state index in [0.717, 1.165) is 15.6 Å². The Morgan fingerprint density at radius 2 is 1.85 bits per heavy atom. The molecule has 7 heteroatoms. The van der Waals surface area contributed by atoms with Crippen molar-refractivity contribution in [3.8, 4) is 0 Å². The fourth-order valence-electron chi connectivity index (χ4n) is 2.28. The van der Waals surface area contributed by atoms with Crippen molar-refractivity contribution in [2.45, 2.75) is 6.92 Å². The van der Waals surface area contributed by atoms with E-state index in [1.165, 1.54) is 11.3 Å². The van der Waals surface area contributed by atoms with Gasteiger partial charge < -0.3 is 5.32 Å². The number of halogens is 1. The third-order valence-electron chi connectivity index (χ3n) is 3.68. The molecule has 0 saturated carbocycles. The van der Waals surface area contributed by atoms with Crippen molar-refractivity contribution in [1.82, 2.24) is 5.43 Å². The van der Waals surface area contributed by atoms with Crippen molar-refractivity contribution < 1.29 is 9.59 Å².